The zero-order valence-corrected chi connectivity index (χ0v) is 15.8. The second-order valence-corrected chi connectivity index (χ2v) is 6.45. The van der Waals surface area contributed by atoms with Crippen LogP contribution in [0.3, 0.4) is 0 Å². The lowest BCUT2D eigenvalue weighted by Crippen LogP contribution is -2.29. The number of halogens is 2. The van der Waals surface area contributed by atoms with E-state index in [-0.39, 0.29) is 41.2 Å². The lowest BCUT2D eigenvalue weighted by atomic mass is 10.1. The molecule has 1 heterocycles. The summed E-state index contributed by atoms with van der Waals surface area (Å²) in [7, 11) is 0. The summed E-state index contributed by atoms with van der Waals surface area (Å²) < 4.78 is 32.5. The summed E-state index contributed by atoms with van der Waals surface area (Å²) in [6, 6.07) is 7.02. The number of nitrogens with one attached hydrogen (secondary N) is 1. The van der Waals surface area contributed by atoms with E-state index in [0.717, 1.165) is 18.2 Å². The van der Waals surface area contributed by atoms with Gasteiger partial charge in [-0.05, 0) is 42.8 Å². The van der Waals surface area contributed by atoms with E-state index in [1.54, 1.807) is 0 Å². The monoisotopic (exact) mass is 432 g/mol. The zero-order valence-electron chi connectivity index (χ0n) is 15.8. The summed E-state index contributed by atoms with van der Waals surface area (Å²) in [6.45, 7) is 0. The molecule has 0 spiro atoms. The first-order chi connectivity index (χ1) is 14.7. The number of rotatable bonds is 8. The number of amides is 1. The molecule has 4 N–H and O–H groups in total. The molecule has 2 aromatic carbocycles. The number of carboxylic acids is 1. The molecule has 160 valence electrons. The van der Waals surface area contributed by atoms with Crippen LogP contribution in [0.5, 0.6) is 0 Å². The summed E-state index contributed by atoms with van der Waals surface area (Å²) in [4.78, 5) is 38.8. The van der Waals surface area contributed by atoms with E-state index in [9.17, 15) is 23.2 Å². The van der Waals surface area contributed by atoms with Gasteiger partial charge in [-0.15, -0.1) is 0 Å². The average Bonchev–Trinajstić information content (AvgIpc) is 3.22. The second-order valence-electron chi connectivity index (χ2n) is 6.45. The van der Waals surface area contributed by atoms with Gasteiger partial charge < -0.3 is 20.1 Å². The van der Waals surface area contributed by atoms with Crippen LogP contribution in [0.4, 0.5) is 8.78 Å². The topological polar surface area (TPSA) is 145 Å². The molecule has 1 atom stereocenters. The third kappa shape index (κ3) is 5.26. The predicted molar refractivity (Wildman–Crippen MR) is 101 cm³/mol. The number of aliphatic carboxylic acids is 1. The molecule has 0 aliphatic carbocycles. The van der Waals surface area contributed by atoms with Gasteiger partial charge in [-0.25, -0.2) is 8.78 Å². The van der Waals surface area contributed by atoms with Gasteiger partial charge in [0.1, 0.15) is 23.2 Å². The van der Waals surface area contributed by atoms with Gasteiger partial charge in [0.2, 0.25) is 11.7 Å². The van der Waals surface area contributed by atoms with Crippen LogP contribution in [-0.2, 0) is 4.79 Å². The third-order valence-electron chi connectivity index (χ3n) is 4.25. The Morgan fingerprint density at radius 3 is 2.58 bits per heavy atom. The number of aromatic nitrogens is 2. The summed E-state index contributed by atoms with van der Waals surface area (Å²) in [5.74, 6) is -4.80. The standard InChI is InChI=1S/C20H15F2N3O6/c21-12-4-5-14(22)13(9-12)17-24-19(31-25-17)15(6-7-16(26)27)23-18(28)10-2-1-3-11(8-10)20(29)30/h1-5,8-9,15H,6-7H2,(H,23,28)(H,26,27)(H,29,30)/p+1/t15-/m0/s1. The van der Waals surface area contributed by atoms with Crippen molar-refractivity contribution in [2.45, 2.75) is 18.9 Å². The highest BCUT2D eigenvalue weighted by Crippen LogP contribution is 2.25. The highest BCUT2D eigenvalue weighted by Gasteiger charge is 2.25. The second kappa shape index (κ2) is 9.11. The first kappa shape index (κ1) is 21.6. The molecule has 11 heteroatoms. The Morgan fingerprint density at radius 1 is 1.13 bits per heavy atom. The van der Waals surface area contributed by atoms with Crippen molar-refractivity contribution in [3.63, 3.8) is 0 Å². The minimum Gasteiger partial charge on any atom is -0.561 e. The van der Waals surface area contributed by atoms with Gasteiger partial charge in [-0.3, -0.25) is 9.59 Å². The average molecular weight is 432 g/mol. The molecule has 0 saturated carbocycles. The first-order valence-electron chi connectivity index (χ1n) is 8.92. The number of nitrogens with zero attached hydrogens (tertiary/aromatic N) is 2. The van der Waals surface area contributed by atoms with Crippen LogP contribution < -0.4 is 5.32 Å². The number of hydrogen-bond donors (Lipinski definition) is 2. The minimum atomic E-state index is -1.14. The fourth-order valence-electron chi connectivity index (χ4n) is 2.72. The molecule has 0 aliphatic rings. The highest BCUT2D eigenvalue weighted by molar-refractivity contribution is 5.97. The molecule has 0 unspecified atom stereocenters. The number of benzene rings is 2. The van der Waals surface area contributed by atoms with Crippen molar-refractivity contribution in [3.05, 3.63) is 71.1 Å². The van der Waals surface area contributed by atoms with Crippen molar-refractivity contribution in [1.82, 2.24) is 15.5 Å². The van der Waals surface area contributed by atoms with Crippen molar-refractivity contribution in [2.24, 2.45) is 0 Å². The van der Waals surface area contributed by atoms with Gasteiger partial charge in [0, 0.05) is 16.8 Å². The van der Waals surface area contributed by atoms with Crippen molar-refractivity contribution in [1.29, 1.82) is 0 Å². The van der Waals surface area contributed by atoms with Gasteiger partial charge in [-0.2, -0.15) is 4.98 Å². The van der Waals surface area contributed by atoms with E-state index < -0.39 is 35.5 Å². The van der Waals surface area contributed by atoms with Gasteiger partial charge in [0.05, 0.1) is 5.56 Å². The van der Waals surface area contributed by atoms with E-state index in [4.69, 9.17) is 14.7 Å². The summed E-state index contributed by atoms with van der Waals surface area (Å²) >= 11 is 0. The molecule has 1 amide bonds. The molecule has 0 saturated heterocycles. The maximum Gasteiger partial charge on any atom is 0.549 e. The van der Waals surface area contributed by atoms with E-state index >= 15 is 0 Å². The van der Waals surface area contributed by atoms with E-state index in [1.807, 2.05) is 0 Å². The fourth-order valence-corrected chi connectivity index (χ4v) is 2.72. The molecule has 31 heavy (non-hydrogen) atoms. The zero-order chi connectivity index (χ0) is 22.5. The Kier molecular flexibility index (Phi) is 6.34. The molecule has 0 radical (unpaired) electrons. The normalized spacial score (nSPS) is 11.7. The maximum atomic E-state index is 14.0. The van der Waals surface area contributed by atoms with Crippen molar-refractivity contribution >= 4 is 17.8 Å². The molecule has 3 aromatic rings. The van der Waals surface area contributed by atoms with Gasteiger partial charge in [0.25, 0.3) is 5.91 Å². The number of carbonyl (C=O) groups excluding carboxylic acids is 2. The first-order valence-corrected chi connectivity index (χ1v) is 8.92. The lowest BCUT2D eigenvalue weighted by molar-refractivity contribution is -0.137. The molecule has 0 aliphatic heterocycles. The maximum absolute atomic E-state index is 14.0. The predicted octanol–water partition coefficient (Wildman–Crippen LogP) is 2.22. The van der Waals surface area contributed by atoms with Gasteiger partial charge >= 0.3 is 11.9 Å². The smallest absolute Gasteiger partial charge is 0.549 e. The van der Waals surface area contributed by atoms with Crippen molar-refractivity contribution in [3.8, 4) is 11.4 Å². The van der Waals surface area contributed by atoms with E-state index in [2.05, 4.69) is 15.5 Å². The van der Waals surface area contributed by atoms with Crippen molar-refractivity contribution < 1.29 is 37.9 Å². The summed E-state index contributed by atoms with van der Waals surface area (Å²) in [5.41, 5.74) is -0.217. The van der Waals surface area contributed by atoms with Crippen LogP contribution in [0.25, 0.3) is 11.4 Å². The highest BCUT2D eigenvalue weighted by atomic mass is 19.1. The molecule has 9 nitrogen and oxygen atoms in total. The Balaban J connectivity index is 1.87. The van der Waals surface area contributed by atoms with E-state index in [1.165, 1.54) is 24.3 Å². The molecular formula is C20H16F2N3O6+. The molecule has 0 fully saturated rings. The van der Waals surface area contributed by atoms with Crippen LogP contribution in [-0.4, -0.2) is 38.2 Å². The van der Waals surface area contributed by atoms with Crippen LogP contribution in [0.1, 0.15) is 45.5 Å². The van der Waals surface area contributed by atoms with Crippen LogP contribution in [0.2, 0.25) is 0 Å². The quantitative estimate of drug-likeness (QED) is 0.519. The Bertz CT molecular complexity index is 1150. The number of carbonyl (C=O) groups is 3. The Labute approximate surface area is 173 Å². The van der Waals surface area contributed by atoms with Gasteiger partial charge in [0.15, 0.2) is 0 Å². The Morgan fingerprint density at radius 2 is 1.87 bits per heavy atom. The third-order valence-corrected chi connectivity index (χ3v) is 4.25. The SMILES string of the molecule is O=C(O)CC[C@H](NC(=O)c1cccc(C(=O)[OH2+])c1)c1nc(-c2cc(F)ccc2F)no1. The molecule has 0 bridgehead atoms. The molecular weight excluding hydrogens is 416 g/mol. The largest absolute Gasteiger partial charge is 0.561 e. The van der Waals surface area contributed by atoms with Crippen molar-refractivity contribution in [2.75, 3.05) is 0 Å². The van der Waals surface area contributed by atoms with Crippen LogP contribution in [0, 0.1) is 11.6 Å². The van der Waals surface area contributed by atoms with Gasteiger partial charge in [-0.1, -0.05) is 11.2 Å². The lowest BCUT2D eigenvalue weighted by Gasteiger charge is -2.14. The molecule has 1 aromatic heterocycles. The van der Waals surface area contributed by atoms with E-state index in [0.29, 0.717) is 0 Å². The van der Waals surface area contributed by atoms with Crippen LogP contribution >= 0.6 is 0 Å². The number of carboxylic acid groups (broad SMARTS) is 1. The minimum absolute atomic E-state index is 0.00334. The number of hydrogen-bond acceptors (Lipinski definition) is 6. The fraction of sp³-hybridized carbons (Fsp3) is 0.150. The van der Waals surface area contributed by atoms with Crippen LogP contribution in [0.15, 0.2) is 47.0 Å². The summed E-state index contributed by atoms with van der Waals surface area (Å²) in [5, 5.41) is 22.2. The Hall–Kier alpha value is -4.15. The molecule has 3 rings (SSSR count). The summed E-state index contributed by atoms with van der Waals surface area (Å²) in [6.07, 6.45) is -0.492.